The lowest BCUT2D eigenvalue weighted by Crippen LogP contribution is -2.53. The van der Waals surface area contributed by atoms with Crippen LogP contribution < -0.4 is 5.32 Å². The van der Waals surface area contributed by atoms with Gasteiger partial charge < -0.3 is 14.5 Å². The van der Waals surface area contributed by atoms with Gasteiger partial charge in [0.2, 0.25) is 5.91 Å². The van der Waals surface area contributed by atoms with Gasteiger partial charge in [-0.2, -0.15) is 0 Å². The lowest BCUT2D eigenvalue weighted by atomic mass is 10.2. The van der Waals surface area contributed by atoms with Crippen molar-refractivity contribution in [3.63, 3.8) is 0 Å². The molecule has 1 N–H and O–H groups in total. The summed E-state index contributed by atoms with van der Waals surface area (Å²) >= 11 is 1.25. The number of nitrogens with one attached hydrogen (secondary N) is 1. The fraction of sp³-hybridized carbons (Fsp3) is 0.474. The van der Waals surface area contributed by atoms with Crippen LogP contribution in [0.4, 0.5) is 5.13 Å². The molecule has 3 amide bonds. The molecule has 4 rings (SSSR count). The summed E-state index contributed by atoms with van der Waals surface area (Å²) in [7, 11) is 0. The number of aromatic nitrogens is 3. The van der Waals surface area contributed by atoms with Crippen LogP contribution in [0.25, 0.3) is 0 Å². The smallest absolute Gasteiger partial charge is 0.277 e. The standard InChI is InChI=1S/C19H22N6O4S/c26-16(24-5-7-25(8-6-24)18(28)15-2-1-9-29-15)10-13-12-30-19(22-13)23-17(27)14-11-20-3-4-21-14/h3-4,11-12,15H,1-2,5-10H2,(H,22,23,27). The van der Waals surface area contributed by atoms with Gasteiger partial charge in [0.05, 0.1) is 18.3 Å². The van der Waals surface area contributed by atoms with Crippen LogP contribution in [-0.4, -0.2) is 81.4 Å². The van der Waals surface area contributed by atoms with Gasteiger partial charge in [0.1, 0.15) is 11.8 Å². The first-order valence-corrected chi connectivity index (χ1v) is 10.7. The predicted molar refractivity (Wildman–Crippen MR) is 108 cm³/mol. The van der Waals surface area contributed by atoms with Crippen LogP contribution in [-0.2, 0) is 20.7 Å². The van der Waals surface area contributed by atoms with Crippen molar-refractivity contribution in [2.75, 3.05) is 38.1 Å². The highest BCUT2D eigenvalue weighted by atomic mass is 32.1. The zero-order chi connectivity index (χ0) is 20.9. The highest BCUT2D eigenvalue weighted by Crippen LogP contribution is 2.19. The molecule has 0 spiro atoms. The van der Waals surface area contributed by atoms with E-state index in [1.54, 1.807) is 15.2 Å². The van der Waals surface area contributed by atoms with Gasteiger partial charge >= 0.3 is 0 Å². The number of hydrogen-bond acceptors (Lipinski definition) is 8. The number of amides is 3. The number of carbonyl (C=O) groups is 3. The Bertz CT molecular complexity index is 907. The van der Waals surface area contributed by atoms with E-state index in [4.69, 9.17) is 4.74 Å². The van der Waals surface area contributed by atoms with Crippen LogP contribution in [0.5, 0.6) is 0 Å². The SMILES string of the molecule is O=C(Nc1nc(CC(=O)N2CCN(C(=O)C3CCCO3)CC2)cs1)c1cnccn1. The Morgan fingerprint density at radius 2 is 1.97 bits per heavy atom. The van der Waals surface area contributed by atoms with E-state index in [2.05, 4.69) is 20.3 Å². The molecule has 10 nitrogen and oxygen atoms in total. The van der Waals surface area contributed by atoms with Crippen molar-refractivity contribution in [2.24, 2.45) is 0 Å². The van der Waals surface area contributed by atoms with Gasteiger partial charge in [-0.25, -0.2) is 9.97 Å². The molecule has 4 heterocycles. The molecule has 11 heteroatoms. The van der Waals surface area contributed by atoms with E-state index in [-0.39, 0.29) is 30.0 Å². The molecule has 2 aliphatic heterocycles. The van der Waals surface area contributed by atoms with Crippen molar-refractivity contribution in [3.05, 3.63) is 35.4 Å². The molecule has 1 atom stereocenters. The average Bonchev–Trinajstić information content (AvgIpc) is 3.46. The number of carbonyl (C=O) groups excluding carboxylic acids is 3. The minimum absolute atomic E-state index is 0.0302. The molecule has 2 saturated heterocycles. The maximum atomic E-state index is 12.6. The molecule has 158 valence electrons. The number of nitrogens with zero attached hydrogens (tertiary/aromatic N) is 5. The Hall–Kier alpha value is -2.92. The molecular weight excluding hydrogens is 408 g/mol. The van der Waals surface area contributed by atoms with Gasteiger partial charge in [-0.3, -0.25) is 24.7 Å². The maximum Gasteiger partial charge on any atom is 0.277 e. The Labute approximate surface area is 177 Å². The fourth-order valence-electron chi connectivity index (χ4n) is 3.44. The first-order chi connectivity index (χ1) is 14.6. The van der Waals surface area contributed by atoms with E-state index in [0.29, 0.717) is 43.6 Å². The zero-order valence-electron chi connectivity index (χ0n) is 16.3. The van der Waals surface area contributed by atoms with Crippen LogP contribution in [0.1, 0.15) is 29.0 Å². The van der Waals surface area contributed by atoms with Crippen molar-refractivity contribution in [2.45, 2.75) is 25.4 Å². The summed E-state index contributed by atoms with van der Waals surface area (Å²) in [5, 5.41) is 4.82. The summed E-state index contributed by atoms with van der Waals surface area (Å²) in [5.74, 6) is -0.415. The topological polar surface area (TPSA) is 118 Å². The first kappa shape index (κ1) is 20.4. The number of rotatable bonds is 5. The molecule has 2 aromatic rings. The number of ether oxygens (including phenoxy) is 1. The second kappa shape index (κ2) is 9.26. The van der Waals surface area contributed by atoms with Crippen molar-refractivity contribution >= 4 is 34.2 Å². The van der Waals surface area contributed by atoms with E-state index in [1.165, 1.54) is 29.9 Å². The second-order valence-corrected chi connectivity index (χ2v) is 7.93. The Morgan fingerprint density at radius 1 is 1.17 bits per heavy atom. The number of anilines is 1. The Kier molecular flexibility index (Phi) is 6.29. The van der Waals surface area contributed by atoms with Crippen LogP contribution in [0.2, 0.25) is 0 Å². The van der Waals surface area contributed by atoms with Crippen molar-refractivity contribution in [1.82, 2.24) is 24.8 Å². The van der Waals surface area contributed by atoms with Gasteiger partial charge in [0.25, 0.3) is 11.8 Å². The highest BCUT2D eigenvalue weighted by molar-refractivity contribution is 7.14. The number of piperazine rings is 1. The Morgan fingerprint density at radius 3 is 2.67 bits per heavy atom. The summed E-state index contributed by atoms with van der Waals surface area (Å²) in [6.45, 7) is 2.67. The second-order valence-electron chi connectivity index (χ2n) is 7.07. The van der Waals surface area contributed by atoms with Gasteiger partial charge in [-0.15, -0.1) is 11.3 Å². The van der Waals surface area contributed by atoms with Crippen LogP contribution in [0, 0.1) is 0 Å². The van der Waals surface area contributed by atoms with Crippen molar-refractivity contribution in [1.29, 1.82) is 0 Å². The summed E-state index contributed by atoms with van der Waals surface area (Å²) in [5.41, 5.74) is 0.790. The molecular formula is C19H22N6O4S. The van der Waals surface area contributed by atoms with E-state index < -0.39 is 5.91 Å². The van der Waals surface area contributed by atoms with Crippen LogP contribution >= 0.6 is 11.3 Å². The minimum Gasteiger partial charge on any atom is -0.368 e. The molecule has 30 heavy (non-hydrogen) atoms. The van der Waals surface area contributed by atoms with Crippen LogP contribution in [0.15, 0.2) is 24.0 Å². The van der Waals surface area contributed by atoms with Gasteiger partial charge in [-0.1, -0.05) is 0 Å². The molecule has 2 aromatic heterocycles. The minimum atomic E-state index is -0.401. The maximum absolute atomic E-state index is 12.6. The van der Waals surface area contributed by atoms with Gasteiger partial charge in [0, 0.05) is 50.6 Å². The van der Waals surface area contributed by atoms with Gasteiger partial charge in [0.15, 0.2) is 5.13 Å². The number of thiazole rings is 1. The summed E-state index contributed by atoms with van der Waals surface area (Å²) < 4.78 is 5.46. The average molecular weight is 430 g/mol. The quantitative estimate of drug-likeness (QED) is 0.737. The predicted octanol–water partition coefficient (Wildman–Crippen LogP) is 0.578. The molecule has 0 radical (unpaired) electrons. The molecule has 0 saturated carbocycles. The van der Waals surface area contributed by atoms with E-state index in [0.717, 1.165) is 12.8 Å². The summed E-state index contributed by atoms with van der Waals surface area (Å²) in [4.78, 5) is 52.8. The third-order valence-electron chi connectivity index (χ3n) is 5.05. The fourth-order valence-corrected chi connectivity index (χ4v) is 4.15. The molecule has 2 fully saturated rings. The first-order valence-electron chi connectivity index (χ1n) is 9.80. The van der Waals surface area contributed by atoms with Crippen molar-refractivity contribution < 1.29 is 19.1 Å². The molecule has 1 unspecified atom stereocenters. The largest absolute Gasteiger partial charge is 0.368 e. The van der Waals surface area contributed by atoms with Gasteiger partial charge in [-0.05, 0) is 12.8 Å². The van der Waals surface area contributed by atoms with E-state index in [9.17, 15) is 14.4 Å². The molecule has 0 bridgehead atoms. The summed E-state index contributed by atoms with van der Waals surface area (Å²) in [6.07, 6.45) is 5.82. The number of hydrogen-bond donors (Lipinski definition) is 1. The third kappa shape index (κ3) is 4.79. The normalized spacial score (nSPS) is 19.0. The van der Waals surface area contributed by atoms with Crippen LogP contribution in [0.3, 0.4) is 0 Å². The van der Waals surface area contributed by atoms with E-state index in [1.807, 2.05) is 0 Å². The molecule has 2 aliphatic rings. The molecule has 0 aromatic carbocycles. The van der Waals surface area contributed by atoms with Crippen molar-refractivity contribution in [3.8, 4) is 0 Å². The van der Waals surface area contributed by atoms with E-state index >= 15 is 0 Å². The Balaban J connectivity index is 1.26. The monoisotopic (exact) mass is 430 g/mol. The zero-order valence-corrected chi connectivity index (χ0v) is 17.1. The third-order valence-corrected chi connectivity index (χ3v) is 5.86. The molecule has 0 aliphatic carbocycles. The lowest BCUT2D eigenvalue weighted by molar-refractivity contribution is -0.145. The summed E-state index contributed by atoms with van der Waals surface area (Å²) in [6, 6.07) is 0. The lowest BCUT2D eigenvalue weighted by Gasteiger charge is -2.35. The highest BCUT2D eigenvalue weighted by Gasteiger charge is 2.31.